The summed E-state index contributed by atoms with van der Waals surface area (Å²) in [5.41, 5.74) is 4.39. The molecule has 1 fully saturated rings. The second-order valence-electron chi connectivity index (χ2n) is 8.76. The summed E-state index contributed by atoms with van der Waals surface area (Å²) in [5.74, 6) is 2.93. The van der Waals surface area contributed by atoms with Gasteiger partial charge in [-0.1, -0.05) is 6.07 Å². The summed E-state index contributed by atoms with van der Waals surface area (Å²) < 4.78 is 11.0. The van der Waals surface area contributed by atoms with E-state index in [2.05, 4.69) is 28.1 Å². The van der Waals surface area contributed by atoms with Gasteiger partial charge in [-0.3, -0.25) is 9.88 Å². The van der Waals surface area contributed by atoms with Crippen molar-refractivity contribution in [2.75, 3.05) is 46.3 Å². The summed E-state index contributed by atoms with van der Waals surface area (Å²) in [6.07, 6.45) is 5.85. The molecule has 7 nitrogen and oxygen atoms in total. The van der Waals surface area contributed by atoms with Crippen LogP contribution in [-0.4, -0.2) is 61.3 Å². The topological polar surface area (TPSA) is 63.6 Å². The Bertz CT molecular complexity index is 1060. The van der Waals surface area contributed by atoms with Crippen molar-refractivity contribution in [2.45, 2.75) is 31.9 Å². The lowest BCUT2D eigenvalue weighted by Crippen LogP contribution is -2.34. The van der Waals surface area contributed by atoms with E-state index >= 15 is 0 Å². The van der Waals surface area contributed by atoms with Crippen LogP contribution in [0.25, 0.3) is 11.4 Å². The molecule has 1 aromatic carbocycles. The third kappa shape index (κ3) is 5.67. The van der Waals surface area contributed by atoms with Crippen molar-refractivity contribution < 1.29 is 9.47 Å². The van der Waals surface area contributed by atoms with Crippen LogP contribution < -0.4 is 9.64 Å². The van der Waals surface area contributed by atoms with Crippen LogP contribution >= 0.6 is 0 Å². The summed E-state index contributed by atoms with van der Waals surface area (Å²) in [6, 6.07) is 12.4. The Morgan fingerprint density at radius 2 is 2.00 bits per heavy atom. The number of likely N-dealkylation sites (tertiary alicyclic amines) is 1. The number of methoxy groups -OCH3 is 2. The van der Waals surface area contributed by atoms with Gasteiger partial charge in [-0.2, -0.15) is 0 Å². The van der Waals surface area contributed by atoms with Gasteiger partial charge < -0.3 is 14.4 Å². The lowest BCUT2D eigenvalue weighted by atomic mass is 9.93. The molecule has 0 unspecified atom stereocenters. The van der Waals surface area contributed by atoms with Crippen LogP contribution in [-0.2, 0) is 17.9 Å². The molecule has 3 aromatic rings. The highest BCUT2D eigenvalue weighted by Gasteiger charge is 2.25. The van der Waals surface area contributed by atoms with Gasteiger partial charge in [0.25, 0.3) is 0 Å². The fourth-order valence-corrected chi connectivity index (χ4v) is 4.41. The van der Waals surface area contributed by atoms with Crippen LogP contribution in [0.2, 0.25) is 0 Å². The van der Waals surface area contributed by atoms with Crippen LogP contribution in [0.15, 0.2) is 48.8 Å². The van der Waals surface area contributed by atoms with Gasteiger partial charge in [-0.25, -0.2) is 9.97 Å². The second-order valence-corrected chi connectivity index (χ2v) is 8.76. The number of piperidine rings is 1. The molecule has 1 aliphatic rings. The van der Waals surface area contributed by atoms with Gasteiger partial charge in [0, 0.05) is 69.8 Å². The van der Waals surface area contributed by atoms with Crippen molar-refractivity contribution in [3.63, 3.8) is 0 Å². The maximum atomic E-state index is 5.64. The van der Waals surface area contributed by atoms with E-state index in [9.17, 15) is 0 Å². The minimum absolute atomic E-state index is 0.351. The highest BCUT2D eigenvalue weighted by atomic mass is 16.5. The molecule has 7 heteroatoms. The van der Waals surface area contributed by atoms with Crippen molar-refractivity contribution in [3.05, 3.63) is 65.6 Å². The molecular formula is C26H33N5O2. The van der Waals surface area contributed by atoms with Crippen LogP contribution in [0.4, 0.5) is 5.82 Å². The fraction of sp³-hybridized carbons (Fsp3) is 0.423. The number of nitrogens with zero attached hydrogens (tertiary/aromatic N) is 5. The first-order chi connectivity index (χ1) is 16.1. The van der Waals surface area contributed by atoms with Gasteiger partial charge in [0.1, 0.15) is 11.6 Å². The van der Waals surface area contributed by atoms with Crippen LogP contribution in [0.1, 0.15) is 35.6 Å². The van der Waals surface area contributed by atoms with Gasteiger partial charge in [-0.15, -0.1) is 0 Å². The van der Waals surface area contributed by atoms with Crippen LogP contribution in [0.3, 0.4) is 0 Å². The number of hydrogen-bond acceptors (Lipinski definition) is 7. The molecule has 4 rings (SSSR count). The maximum absolute atomic E-state index is 5.64. The van der Waals surface area contributed by atoms with E-state index in [-0.39, 0.29) is 0 Å². The van der Waals surface area contributed by atoms with E-state index in [1.807, 2.05) is 43.4 Å². The minimum atomic E-state index is 0.351. The SMILES string of the molecule is COCc1ccc(OC)c(CN2CCC[C@H](c3cc(N(C)C)nc(-c4cccnc4)n3)C2)c1. The van der Waals surface area contributed by atoms with E-state index in [4.69, 9.17) is 19.4 Å². The predicted molar refractivity (Wildman–Crippen MR) is 131 cm³/mol. The summed E-state index contributed by atoms with van der Waals surface area (Å²) in [5, 5.41) is 0. The van der Waals surface area contributed by atoms with E-state index in [0.717, 1.165) is 66.7 Å². The monoisotopic (exact) mass is 447 g/mol. The van der Waals surface area contributed by atoms with Crippen molar-refractivity contribution in [2.24, 2.45) is 0 Å². The first-order valence-corrected chi connectivity index (χ1v) is 11.4. The quantitative estimate of drug-likeness (QED) is 0.514. The minimum Gasteiger partial charge on any atom is -0.496 e. The standard InChI is InChI=1S/C26H33N5O2/c1-30(2)25-14-23(28-26(29-25)20-7-5-11-27-15-20)21-8-6-12-31(16-21)17-22-13-19(18-32-3)9-10-24(22)33-4/h5,7,9-11,13-15,21H,6,8,12,16-18H2,1-4H3/t21-/m0/s1. The largest absolute Gasteiger partial charge is 0.496 e. The first kappa shape index (κ1) is 23.1. The molecule has 2 aromatic heterocycles. The summed E-state index contributed by atoms with van der Waals surface area (Å²) in [7, 11) is 7.50. The summed E-state index contributed by atoms with van der Waals surface area (Å²) in [6.45, 7) is 3.46. The number of pyridine rings is 1. The fourth-order valence-electron chi connectivity index (χ4n) is 4.41. The Morgan fingerprint density at radius 1 is 1.12 bits per heavy atom. The number of benzene rings is 1. The molecule has 0 aliphatic carbocycles. The molecule has 0 N–H and O–H groups in total. The normalized spacial score (nSPS) is 16.5. The Balaban J connectivity index is 1.58. The molecule has 33 heavy (non-hydrogen) atoms. The van der Waals surface area contributed by atoms with E-state index in [0.29, 0.717) is 12.5 Å². The average molecular weight is 448 g/mol. The lowest BCUT2D eigenvalue weighted by Gasteiger charge is -2.33. The van der Waals surface area contributed by atoms with Crippen molar-refractivity contribution in [1.82, 2.24) is 19.9 Å². The number of ether oxygens (including phenoxy) is 2. The highest BCUT2D eigenvalue weighted by Crippen LogP contribution is 2.31. The van der Waals surface area contributed by atoms with E-state index in [1.165, 1.54) is 5.56 Å². The van der Waals surface area contributed by atoms with Gasteiger partial charge in [0.15, 0.2) is 5.82 Å². The molecule has 1 saturated heterocycles. The second kappa shape index (κ2) is 10.7. The first-order valence-electron chi connectivity index (χ1n) is 11.4. The molecule has 0 bridgehead atoms. The zero-order valence-corrected chi connectivity index (χ0v) is 20.0. The van der Waals surface area contributed by atoms with Gasteiger partial charge >= 0.3 is 0 Å². The summed E-state index contributed by atoms with van der Waals surface area (Å²) >= 11 is 0. The van der Waals surface area contributed by atoms with E-state index in [1.54, 1.807) is 20.4 Å². The van der Waals surface area contributed by atoms with Gasteiger partial charge in [0.2, 0.25) is 0 Å². The molecule has 0 amide bonds. The van der Waals surface area contributed by atoms with Crippen molar-refractivity contribution in [3.8, 4) is 17.1 Å². The molecule has 0 saturated carbocycles. The lowest BCUT2D eigenvalue weighted by molar-refractivity contribution is 0.183. The maximum Gasteiger partial charge on any atom is 0.163 e. The molecule has 0 radical (unpaired) electrons. The third-order valence-corrected chi connectivity index (χ3v) is 6.08. The smallest absolute Gasteiger partial charge is 0.163 e. The highest BCUT2D eigenvalue weighted by molar-refractivity contribution is 5.56. The average Bonchev–Trinajstić information content (AvgIpc) is 2.85. The predicted octanol–water partition coefficient (Wildman–Crippen LogP) is 4.14. The van der Waals surface area contributed by atoms with E-state index < -0.39 is 0 Å². The Kier molecular flexibility index (Phi) is 7.52. The molecule has 3 heterocycles. The van der Waals surface area contributed by atoms with Gasteiger partial charge in [0.05, 0.1) is 19.4 Å². The number of hydrogen-bond donors (Lipinski definition) is 0. The molecular weight excluding hydrogens is 414 g/mol. The molecule has 1 atom stereocenters. The third-order valence-electron chi connectivity index (χ3n) is 6.08. The number of aromatic nitrogens is 3. The van der Waals surface area contributed by atoms with Crippen LogP contribution in [0.5, 0.6) is 5.75 Å². The Labute approximate surface area is 196 Å². The van der Waals surface area contributed by atoms with Gasteiger partial charge in [-0.05, 0) is 49.2 Å². The summed E-state index contributed by atoms with van der Waals surface area (Å²) in [4.78, 5) is 18.5. The Hall–Kier alpha value is -3.03. The number of anilines is 1. The Morgan fingerprint density at radius 3 is 2.73 bits per heavy atom. The zero-order valence-electron chi connectivity index (χ0n) is 20.0. The molecule has 0 spiro atoms. The molecule has 1 aliphatic heterocycles. The van der Waals surface area contributed by atoms with Crippen LogP contribution in [0, 0.1) is 0 Å². The van der Waals surface area contributed by atoms with Crippen molar-refractivity contribution >= 4 is 5.82 Å². The van der Waals surface area contributed by atoms with Crippen molar-refractivity contribution in [1.29, 1.82) is 0 Å². The molecule has 174 valence electrons. The number of rotatable bonds is 8. The zero-order chi connectivity index (χ0) is 23.2.